The number of aromatic nitrogens is 2. The van der Waals surface area contributed by atoms with Crippen LogP contribution in [-0.2, 0) is 0 Å². The molecule has 1 amide bonds. The van der Waals surface area contributed by atoms with Crippen LogP contribution < -0.4 is 10.1 Å². The summed E-state index contributed by atoms with van der Waals surface area (Å²) < 4.78 is 47.1. The first-order valence-corrected chi connectivity index (χ1v) is 9.01. The number of hydrogen-bond donors (Lipinski definition) is 1. The molecule has 1 unspecified atom stereocenters. The third-order valence-electron chi connectivity index (χ3n) is 4.79. The van der Waals surface area contributed by atoms with Crippen LogP contribution >= 0.6 is 0 Å². The van der Waals surface area contributed by atoms with Gasteiger partial charge in [0.25, 0.3) is 0 Å². The van der Waals surface area contributed by atoms with Crippen LogP contribution in [0.25, 0.3) is 11.5 Å². The van der Waals surface area contributed by atoms with E-state index in [1.165, 1.54) is 17.0 Å². The molecule has 11 heteroatoms. The van der Waals surface area contributed by atoms with Crippen LogP contribution in [0.1, 0.15) is 41.4 Å². The average molecular weight is 407 g/mol. The van der Waals surface area contributed by atoms with E-state index < -0.39 is 18.0 Å². The molecule has 0 spiro atoms. The summed E-state index contributed by atoms with van der Waals surface area (Å²) in [7, 11) is 0. The number of ether oxygens (including phenoxy) is 1. The molecule has 29 heavy (non-hydrogen) atoms. The summed E-state index contributed by atoms with van der Waals surface area (Å²) in [5.74, 6) is -1.13. The highest BCUT2D eigenvalue weighted by atomic mass is 19.4. The van der Waals surface area contributed by atoms with Crippen LogP contribution in [0.2, 0.25) is 0 Å². The molecule has 1 atom stereocenters. The number of amides is 1. The third kappa shape index (κ3) is 4.42. The van der Waals surface area contributed by atoms with Crippen LogP contribution in [0.5, 0.6) is 5.75 Å². The second kappa shape index (κ2) is 7.27. The summed E-state index contributed by atoms with van der Waals surface area (Å²) in [6, 6.07) is 3.77. The number of hydrogen-bond acceptors (Lipinski definition) is 7. The molecule has 2 heterocycles. The van der Waals surface area contributed by atoms with Gasteiger partial charge in [0.1, 0.15) is 5.75 Å². The van der Waals surface area contributed by atoms with Crippen LogP contribution in [-0.4, -0.2) is 46.5 Å². The van der Waals surface area contributed by atoms with Gasteiger partial charge in [-0.2, -0.15) is 5.26 Å². The molecule has 1 aromatic heterocycles. The first-order valence-electron chi connectivity index (χ1n) is 9.01. The minimum atomic E-state index is -4.82. The first-order chi connectivity index (χ1) is 13.8. The summed E-state index contributed by atoms with van der Waals surface area (Å²) in [4.78, 5) is 13.9. The number of carbonyl (C=O) groups excluding carboxylic acids is 1. The van der Waals surface area contributed by atoms with Crippen LogP contribution in [0, 0.1) is 11.5 Å². The fourth-order valence-corrected chi connectivity index (χ4v) is 3.31. The normalized spacial score (nSPS) is 19.1. The molecule has 1 aromatic carbocycles. The number of nitriles is 1. The van der Waals surface area contributed by atoms with Gasteiger partial charge in [-0.05, 0) is 42.9 Å². The summed E-state index contributed by atoms with van der Waals surface area (Å²) in [5.41, 5.74) is 1.09. The SMILES string of the molecule is N#CN1CCC(NC(=O)c2nnc(-c3cc(OC(F)(F)F)ccc3C3CC3)o2)C1. The average Bonchev–Trinajstić information content (AvgIpc) is 3.20. The Morgan fingerprint density at radius 3 is 2.76 bits per heavy atom. The Morgan fingerprint density at radius 1 is 1.31 bits per heavy atom. The molecule has 1 saturated carbocycles. The predicted molar refractivity (Wildman–Crippen MR) is 91.4 cm³/mol. The van der Waals surface area contributed by atoms with Gasteiger partial charge in [0, 0.05) is 24.7 Å². The highest BCUT2D eigenvalue weighted by Gasteiger charge is 2.33. The van der Waals surface area contributed by atoms with Crippen molar-refractivity contribution in [1.29, 1.82) is 5.26 Å². The largest absolute Gasteiger partial charge is 0.573 e. The second-order valence-electron chi connectivity index (χ2n) is 6.99. The fraction of sp³-hybridized carbons (Fsp3) is 0.444. The number of alkyl halides is 3. The standard InChI is InChI=1S/C18H16F3N5O3/c19-18(20,21)29-12-3-4-13(10-1-2-10)14(7-12)16-24-25-17(28-16)15(27)23-11-5-6-26(8-11)9-22/h3-4,7,10-11H,1-2,5-6,8H2,(H,23,27). The number of nitrogens with zero attached hydrogens (tertiary/aromatic N) is 4. The van der Waals surface area contributed by atoms with E-state index in [2.05, 4.69) is 20.3 Å². The molecule has 8 nitrogen and oxygen atoms in total. The molecular formula is C18H16F3N5O3. The van der Waals surface area contributed by atoms with Gasteiger partial charge < -0.3 is 19.4 Å². The lowest BCUT2D eigenvalue weighted by Crippen LogP contribution is -2.36. The lowest BCUT2D eigenvalue weighted by Gasteiger charge is -2.12. The van der Waals surface area contributed by atoms with Crippen molar-refractivity contribution in [2.75, 3.05) is 13.1 Å². The van der Waals surface area contributed by atoms with Gasteiger partial charge >= 0.3 is 18.2 Å². The van der Waals surface area contributed by atoms with Gasteiger partial charge in [0.05, 0.1) is 0 Å². The quantitative estimate of drug-likeness (QED) is 0.760. The topological polar surface area (TPSA) is 104 Å². The van der Waals surface area contributed by atoms with E-state index in [-0.39, 0.29) is 23.7 Å². The molecule has 1 saturated heterocycles. The van der Waals surface area contributed by atoms with Gasteiger partial charge in [0.2, 0.25) is 5.89 Å². The van der Waals surface area contributed by atoms with E-state index in [0.717, 1.165) is 18.4 Å². The van der Waals surface area contributed by atoms with E-state index in [9.17, 15) is 18.0 Å². The summed E-state index contributed by atoms with van der Waals surface area (Å²) in [6.45, 7) is 0.944. The molecule has 152 valence electrons. The summed E-state index contributed by atoms with van der Waals surface area (Å²) in [5, 5.41) is 19.2. The van der Waals surface area contributed by atoms with Crippen LogP contribution in [0.4, 0.5) is 13.2 Å². The predicted octanol–water partition coefficient (Wildman–Crippen LogP) is 2.80. The zero-order valence-corrected chi connectivity index (χ0v) is 15.1. The number of rotatable bonds is 5. The molecule has 4 rings (SSSR count). The maximum absolute atomic E-state index is 12.6. The maximum Gasteiger partial charge on any atom is 0.573 e. The van der Waals surface area contributed by atoms with E-state index >= 15 is 0 Å². The number of halogens is 3. The summed E-state index contributed by atoms with van der Waals surface area (Å²) >= 11 is 0. The first kappa shape index (κ1) is 19.0. The summed E-state index contributed by atoms with van der Waals surface area (Å²) in [6.07, 6.45) is -0.378. The smallest absolute Gasteiger partial charge is 0.412 e. The zero-order valence-electron chi connectivity index (χ0n) is 15.1. The zero-order chi connectivity index (χ0) is 20.6. The van der Waals surface area contributed by atoms with Crippen LogP contribution in [0.15, 0.2) is 22.6 Å². The van der Waals surface area contributed by atoms with Crippen LogP contribution in [0.3, 0.4) is 0 Å². The molecule has 0 bridgehead atoms. The van der Waals surface area contributed by atoms with E-state index in [0.29, 0.717) is 25.1 Å². The Bertz CT molecular complexity index is 964. The van der Waals surface area contributed by atoms with E-state index in [4.69, 9.17) is 9.68 Å². The third-order valence-corrected chi connectivity index (χ3v) is 4.79. The van der Waals surface area contributed by atoms with Gasteiger partial charge in [0.15, 0.2) is 6.19 Å². The van der Waals surface area contributed by atoms with Gasteiger partial charge in [-0.15, -0.1) is 23.4 Å². The Balaban J connectivity index is 1.54. The Hall–Kier alpha value is -3.29. The lowest BCUT2D eigenvalue weighted by atomic mass is 10.0. The second-order valence-corrected chi connectivity index (χ2v) is 6.99. The molecule has 2 fully saturated rings. The van der Waals surface area contributed by atoms with Crippen molar-refractivity contribution in [3.63, 3.8) is 0 Å². The molecular weight excluding hydrogens is 391 g/mol. The number of benzene rings is 1. The highest BCUT2D eigenvalue weighted by molar-refractivity contribution is 5.90. The number of carbonyl (C=O) groups is 1. The maximum atomic E-state index is 12.6. The van der Waals surface area contributed by atoms with Gasteiger partial charge in [-0.1, -0.05) is 6.07 Å². The monoisotopic (exact) mass is 407 g/mol. The molecule has 2 aliphatic rings. The fourth-order valence-electron chi connectivity index (χ4n) is 3.31. The van der Waals surface area contributed by atoms with Gasteiger partial charge in [-0.25, -0.2) is 0 Å². The van der Waals surface area contributed by atoms with E-state index in [1.54, 1.807) is 6.07 Å². The Kier molecular flexibility index (Phi) is 4.77. The van der Waals surface area contributed by atoms with Crippen molar-refractivity contribution in [2.24, 2.45) is 0 Å². The molecule has 2 aromatic rings. The van der Waals surface area contributed by atoms with Crippen molar-refractivity contribution in [3.8, 4) is 23.4 Å². The Labute approximate surface area is 163 Å². The minimum absolute atomic E-state index is 0.0465. The van der Waals surface area contributed by atoms with Crippen molar-refractivity contribution in [2.45, 2.75) is 37.6 Å². The number of likely N-dealkylation sites (tertiary alicyclic amines) is 1. The van der Waals surface area contributed by atoms with Crippen molar-refractivity contribution in [1.82, 2.24) is 20.4 Å². The highest BCUT2D eigenvalue weighted by Crippen LogP contribution is 2.45. The van der Waals surface area contributed by atoms with Crippen molar-refractivity contribution < 1.29 is 27.1 Å². The molecule has 1 aliphatic heterocycles. The Morgan fingerprint density at radius 2 is 2.10 bits per heavy atom. The molecule has 1 N–H and O–H groups in total. The molecule has 1 aliphatic carbocycles. The number of nitrogens with one attached hydrogen (secondary N) is 1. The lowest BCUT2D eigenvalue weighted by molar-refractivity contribution is -0.274. The van der Waals surface area contributed by atoms with Crippen molar-refractivity contribution in [3.05, 3.63) is 29.7 Å². The van der Waals surface area contributed by atoms with E-state index in [1.807, 2.05) is 6.19 Å². The molecule has 0 radical (unpaired) electrons. The van der Waals surface area contributed by atoms with Gasteiger partial charge in [-0.3, -0.25) is 4.79 Å². The van der Waals surface area contributed by atoms with Crippen molar-refractivity contribution >= 4 is 5.91 Å². The minimum Gasteiger partial charge on any atom is -0.412 e.